The van der Waals surface area contributed by atoms with Crippen LogP contribution in [0.3, 0.4) is 0 Å². The summed E-state index contributed by atoms with van der Waals surface area (Å²) in [5.74, 6) is -1.01. The van der Waals surface area contributed by atoms with Crippen molar-refractivity contribution >= 4 is 6.29 Å². The topological polar surface area (TPSA) is 54.0 Å². The van der Waals surface area contributed by atoms with Crippen LogP contribution >= 0.6 is 0 Å². The van der Waals surface area contributed by atoms with Crippen molar-refractivity contribution < 1.29 is 23.7 Å². The lowest BCUT2D eigenvalue weighted by Crippen LogP contribution is -2.23. The van der Waals surface area contributed by atoms with Crippen molar-refractivity contribution in [1.29, 1.82) is 0 Å². The van der Waals surface area contributed by atoms with Gasteiger partial charge >= 0.3 is 0 Å². The van der Waals surface area contributed by atoms with Gasteiger partial charge in [0.1, 0.15) is 6.10 Å². The summed E-state index contributed by atoms with van der Waals surface area (Å²) in [5.41, 5.74) is 0. The van der Waals surface area contributed by atoms with Crippen LogP contribution in [-0.2, 0) is 23.7 Å². The average Bonchev–Trinajstić information content (AvgIpc) is 3.07. The Bertz CT molecular complexity index is 421. The van der Waals surface area contributed by atoms with E-state index in [0.29, 0.717) is 0 Å². The molecule has 0 amide bonds. The summed E-state index contributed by atoms with van der Waals surface area (Å²) in [6.07, 6.45) is 12.7. The maximum Gasteiger partial charge on any atom is 0.164 e. The first-order valence-electron chi connectivity index (χ1n) is 10.4. The van der Waals surface area contributed by atoms with Gasteiger partial charge in [-0.05, 0) is 40.5 Å². The van der Waals surface area contributed by atoms with Crippen molar-refractivity contribution in [3.63, 3.8) is 0 Å². The maximum absolute atomic E-state index is 11.1. The van der Waals surface area contributed by atoms with E-state index >= 15 is 0 Å². The average molecular weight is 371 g/mol. The fourth-order valence-corrected chi connectivity index (χ4v) is 3.89. The quantitative estimate of drug-likeness (QED) is 0.366. The van der Waals surface area contributed by atoms with Crippen LogP contribution in [0.1, 0.15) is 91.9 Å². The summed E-state index contributed by atoms with van der Waals surface area (Å²) in [4.78, 5) is 11.1. The molecular formula is C21H38O5. The summed E-state index contributed by atoms with van der Waals surface area (Å²) in [5, 5.41) is 0. The molecule has 2 rings (SSSR count). The van der Waals surface area contributed by atoms with E-state index in [4.69, 9.17) is 18.9 Å². The number of unbranched alkanes of at least 4 members (excludes halogenated alkanes) is 7. The summed E-state index contributed by atoms with van der Waals surface area (Å²) >= 11 is 0. The van der Waals surface area contributed by atoms with Crippen molar-refractivity contribution in [3.05, 3.63) is 0 Å². The molecule has 2 aliphatic rings. The second-order valence-corrected chi connectivity index (χ2v) is 8.63. The summed E-state index contributed by atoms with van der Waals surface area (Å²) in [6, 6.07) is 0. The Balaban J connectivity index is 1.39. The molecule has 0 aromatic carbocycles. The number of aldehydes is 1. The molecule has 152 valence electrons. The van der Waals surface area contributed by atoms with Crippen molar-refractivity contribution in [2.75, 3.05) is 6.61 Å². The third-order valence-corrected chi connectivity index (χ3v) is 5.19. The first kappa shape index (κ1) is 21.8. The van der Waals surface area contributed by atoms with Crippen LogP contribution in [0, 0.1) is 0 Å². The van der Waals surface area contributed by atoms with Gasteiger partial charge in [-0.25, -0.2) is 0 Å². The highest BCUT2D eigenvalue weighted by atomic mass is 16.8. The summed E-state index contributed by atoms with van der Waals surface area (Å²) in [7, 11) is 0. The van der Waals surface area contributed by atoms with E-state index in [1.165, 1.54) is 44.9 Å². The van der Waals surface area contributed by atoms with E-state index < -0.39 is 11.9 Å². The van der Waals surface area contributed by atoms with E-state index in [9.17, 15) is 4.79 Å². The Kier molecular flexibility index (Phi) is 8.52. The SMILES string of the molecule is CC1(C)OC[C@@H](CCCCCCCCCC[C@H]2OC(C)(C)O[C@@H]2C=O)O1. The molecule has 2 aliphatic heterocycles. The number of rotatable bonds is 12. The molecule has 0 spiro atoms. The monoisotopic (exact) mass is 370 g/mol. The zero-order valence-electron chi connectivity index (χ0n) is 17.1. The molecule has 0 aromatic heterocycles. The smallest absolute Gasteiger partial charge is 0.164 e. The lowest BCUT2D eigenvalue weighted by molar-refractivity contribution is -0.150. The largest absolute Gasteiger partial charge is 0.348 e. The lowest BCUT2D eigenvalue weighted by Gasteiger charge is -2.17. The Morgan fingerprint density at radius 3 is 1.88 bits per heavy atom. The minimum Gasteiger partial charge on any atom is -0.348 e. The zero-order chi connectivity index (χ0) is 19.0. The second kappa shape index (κ2) is 10.2. The van der Waals surface area contributed by atoms with Crippen LogP contribution < -0.4 is 0 Å². The summed E-state index contributed by atoms with van der Waals surface area (Å²) < 4.78 is 22.8. The first-order valence-corrected chi connectivity index (χ1v) is 10.4. The van der Waals surface area contributed by atoms with Gasteiger partial charge in [0.2, 0.25) is 0 Å². The van der Waals surface area contributed by atoms with Crippen LogP contribution in [-0.4, -0.2) is 42.8 Å². The highest BCUT2D eigenvalue weighted by molar-refractivity contribution is 5.57. The molecule has 3 atom stereocenters. The maximum atomic E-state index is 11.1. The van der Waals surface area contributed by atoms with Gasteiger partial charge in [-0.2, -0.15) is 0 Å². The molecule has 0 N–H and O–H groups in total. The minimum atomic E-state index is -0.623. The van der Waals surface area contributed by atoms with Gasteiger partial charge < -0.3 is 23.7 Å². The van der Waals surface area contributed by atoms with Crippen molar-refractivity contribution in [1.82, 2.24) is 0 Å². The van der Waals surface area contributed by atoms with Crippen LogP contribution in [0.4, 0.5) is 0 Å². The molecule has 26 heavy (non-hydrogen) atoms. The third kappa shape index (κ3) is 7.63. The van der Waals surface area contributed by atoms with Crippen LogP contribution in [0.5, 0.6) is 0 Å². The molecule has 0 bridgehead atoms. The van der Waals surface area contributed by atoms with Crippen LogP contribution in [0.25, 0.3) is 0 Å². The minimum absolute atomic E-state index is 0.0748. The lowest BCUT2D eigenvalue weighted by atomic mass is 10.0. The Hall–Kier alpha value is -0.490. The van der Waals surface area contributed by atoms with E-state index in [2.05, 4.69) is 0 Å². The standard InChI is InChI=1S/C21H38O5/c1-20(2)23-16-17(24-20)13-11-9-7-5-6-8-10-12-14-18-19(15-22)26-21(3,4)25-18/h15,17-19H,5-14,16H2,1-4H3/t17-,18-,19-/m1/s1. The van der Waals surface area contributed by atoms with Gasteiger partial charge in [-0.15, -0.1) is 0 Å². The Labute approximate surface area is 159 Å². The predicted molar refractivity (Wildman–Crippen MR) is 101 cm³/mol. The van der Waals surface area contributed by atoms with Gasteiger partial charge in [-0.1, -0.05) is 51.4 Å². The molecule has 2 fully saturated rings. The van der Waals surface area contributed by atoms with Gasteiger partial charge in [-0.3, -0.25) is 0 Å². The van der Waals surface area contributed by atoms with Crippen molar-refractivity contribution in [2.24, 2.45) is 0 Å². The van der Waals surface area contributed by atoms with Crippen LogP contribution in [0.15, 0.2) is 0 Å². The van der Waals surface area contributed by atoms with Gasteiger partial charge in [0.05, 0.1) is 18.8 Å². The molecule has 0 unspecified atom stereocenters. The number of carbonyl (C=O) groups excluding carboxylic acids is 1. The number of hydrogen-bond acceptors (Lipinski definition) is 5. The molecule has 0 aliphatic carbocycles. The van der Waals surface area contributed by atoms with E-state index in [1.54, 1.807) is 0 Å². The highest BCUT2D eigenvalue weighted by Gasteiger charge is 2.40. The number of carbonyl (C=O) groups is 1. The van der Waals surface area contributed by atoms with Gasteiger partial charge in [0.25, 0.3) is 0 Å². The highest BCUT2D eigenvalue weighted by Crippen LogP contribution is 2.30. The zero-order valence-corrected chi connectivity index (χ0v) is 17.1. The molecule has 2 saturated heterocycles. The molecule has 0 saturated carbocycles. The van der Waals surface area contributed by atoms with Crippen LogP contribution in [0.2, 0.25) is 0 Å². The third-order valence-electron chi connectivity index (χ3n) is 5.19. The van der Waals surface area contributed by atoms with Crippen molar-refractivity contribution in [2.45, 2.75) is 122 Å². The van der Waals surface area contributed by atoms with Gasteiger partial charge in [0.15, 0.2) is 17.9 Å². The molecule has 0 aromatic rings. The molecule has 5 heteroatoms. The van der Waals surface area contributed by atoms with Crippen molar-refractivity contribution in [3.8, 4) is 0 Å². The molecule has 5 nitrogen and oxygen atoms in total. The fourth-order valence-electron chi connectivity index (χ4n) is 3.89. The molecular weight excluding hydrogens is 332 g/mol. The molecule has 2 heterocycles. The predicted octanol–water partition coefficient (Wildman–Crippen LogP) is 4.76. The summed E-state index contributed by atoms with van der Waals surface area (Å²) in [6.45, 7) is 8.45. The fraction of sp³-hybridized carbons (Fsp3) is 0.952. The Morgan fingerprint density at radius 2 is 1.35 bits per heavy atom. The first-order chi connectivity index (χ1) is 12.3. The molecule has 0 radical (unpaired) electrons. The van der Waals surface area contributed by atoms with E-state index in [-0.39, 0.29) is 18.0 Å². The number of hydrogen-bond donors (Lipinski definition) is 0. The van der Waals surface area contributed by atoms with E-state index in [1.807, 2.05) is 27.7 Å². The second-order valence-electron chi connectivity index (χ2n) is 8.63. The van der Waals surface area contributed by atoms with Gasteiger partial charge in [0, 0.05) is 0 Å². The normalized spacial score (nSPS) is 29.9. The number of ether oxygens (including phenoxy) is 4. The Morgan fingerprint density at radius 1 is 0.769 bits per heavy atom. The van der Waals surface area contributed by atoms with E-state index in [0.717, 1.165) is 32.2 Å².